The van der Waals surface area contributed by atoms with Gasteiger partial charge >= 0.3 is 0 Å². The molecule has 1 aromatic carbocycles. The average molecular weight is 330 g/mol. The van der Waals surface area contributed by atoms with Gasteiger partial charge < -0.3 is 0 Å². The summed E-state index contributed by atoms with van der Waals surface area (Å²) in [6.45, 7) is 2.20. The van der Waals surface area contributed by atoms with Crippen LogP contribution in [0.2, 0.25) is 0 Å². The standard InChI is InChI=1S/C16H18N4O2S/c1-11-5-2-3-8-14(11)18-19-16-17-15(10-23-16)12-6-4-7-13(9-12)20(21)22/h4,6-7,9-11H,2-3,5,8H2,1H3,(H,17,19)/b18-14+. The van der Waals surface area contributed by atoms with E-state index in [9.17, 15) is 10.1 Å². The van der Waals surface area contributed by atoms with Crippen LogP contribution >= 0.6 is 11.3 Å². The number of nitrogens with one attached hydrogen (secondary N) is 1. The highest BCUT2D eigenvalue weighted by molar-refractivity contribution is 7.14. The van der Waals surface area contributed by atoms with Crippen LogP contribution in [-0.2, 0) is 0 Å². The van der Waals surface area contributed by atoms with Gasteiger partial charge in [-0.3, -0.25) is 15.5 Å². The number of benzene rings is 1. The van der Waals surface area contributed by atoms with Crippen molar-refractivity contribution in [2.24, 2.45) is 11.0 Å². The molecule has 1 aliphatic rings. The molecule has 2 aromatic rings. The molecule has 23 heavy (non-hydrogen) atoms. The summed E-state index contributed by atoms with van der Waals surface area (Å²) in [5.74, 6) is 0.521. The lowest BCUT2D eigenvalue weighted by atomic mass is 9.89. The maximum absolute atomic E-state index is 10.9. The quantitative estimate of drug-likeness (QED) is 0.651. The molecule has 0 spiro atoms. The van der Waals surface area contributed by atoms with Gasteiger partial charge in [-0.25, -0.2) is 4.98 Å². The van der Waals surface area contributed by atoms with Gasteiger partial charge in [0.05, 0.1) is 10.6 Å². The van der Waals surface area contributed by atoms with Gasteiger partial charge in [-0.05, 0) is 25.2 Å². The first-order valence-corrected chi connectivity index (χ1v) is 8.54. The minimum atomic E-state index is -0.397. The third-order valence-corrected chi connectivity index (χ3v) is 4.79. The fraction of sp³-hybridized carbons (Fsp3) is 0.375. The van der Waals surface area contributed by atoms with Gasteiger partial charge in [-0.15, -0.1) is 11.3 Å². The molecule has 3 rings (SSSR count). The van der Waals surface area contributed by atoms with E-state index in [1.54, 1.807) is 6.07 Å². The summed E-state index contributed by atoms with van der Waals surface area (Å²) in [5.41, 5.74) is 5.76. The summed E-state index contributed by atoms with van der Waals surface area (Å²) in [7, 11) is 0. The molecule has 0 radical (unpaired) electrons. The van der Waals surface area contributed by atoms with Crippen molar-refractivity contribution in [1.82, 2.24) is 4.98 Å². The van der Waals surface area contributed by atoms with Crippen molar-refractivity contribution in [1.29, 1.82) is 0 Å². The van der Waals surface area contributed by atoms with Crippen LogP contribution in [0.15, 0.2) is 34.7 Å². The number of hydrogen-bond acceptors (Lipinski definition) is 6. The van der Waals surface area contributed by atoms with Crippen LogP contribution in [0, 0.1) is 16.0 Å². The summed E-state index contributed by atoms with van der Waals surface area (Å²) in [5, 5.41) is 17.9. The molecule has 1 aromatic heterocycles. The summed E-state index contributed by atoms with van der Waals surface area (Å²) >= 11 is 1.45. The predicted molar refractivity (Wildman–Crippen MR) is 92.9 cm³/mol. The number of nitro groups is 1. The van der Waals surface area contributed by atoms with Crippen molar-refractivity contribution < 1.29 is 4.92 Å². The summed E-state index contributed by atoms with van der Waals surface area (Å²) < 4.78 is 0. The number of rotatable bonds is 4. The molecule has 1 fully saturated rings. The zero-order chi connectivity index (χ0) is 16.2. The van der Waals surface area contributed by atoms with E-state index in [4.69, 9.17) is 0 Å². The monoisotopic (exact) mass is 330 g/mol. The van der Waals surface area contributed by atoms with E-state index >= 15 is 0 Å². The van der Waals surface area contributed by atoms with E-state index < -0.39 is 4.92 Å². The third-order valence-electron chi connectivity index (χ3n) is 4.04. The predicted octanol–water partition coefficient (Wildman–Crippen LogP) is 4.70. The lowest BCUT2D eigenvalue weighted by Crippen LogP contribution is -2.17. The smallest absolute Gasteiger partial charge is 0.258 e. The van der Waals surface area contributed by atoms with Crippen LogP contribution in [0.3, 0.4) is 0 Å². The van der Waals surface area contributed by atoms with Gasteiger partial charge in [-0.1, -0.05) is 25.5 Å². The minimum absolute atomic E-state index is 0.0706. The largest absolute Gasteiger partial charge is 0.270 e. The van der Waals surface area contributed by atoms with Crippen molar-refractivity contribution in [3.8, 4) is 11.3 Å². The van der Waals surface area contributed by atoms with Crippen molar-refractivity contribution in [2.45, 2.75) is 32.6 Å². The van der Waals surface area contributed by atoms with Gasteiger partial charge in [0.25, 0.3) is 5.69 Å². The Morgan fingerprint density at radius 3 is 3.09 bits per heavy atom. The molecule has 120 valence electrons. The molecular weight excluding hydrogens is 312 g/mol. The van der Waals surface area contributed by atoms with E-state index in [1.807, 2.05) is 11.4 Å². The van der Waals surface area contributed by atoms with Gasteiger partial charge in [0.1, 0.15) is 0 Å². The lowest BCUT2D eigenvalue weighted by molar-refractivity contribution is -0.384. The Labute approximate surface area is 138 Å². The Kier molecular flexibility index (Phi) is 4.66. The maximum atomic E-state index is 10.9. The van der Waals surface area contributed by atoms with Crippen LogP contribution in [-0.4, -0.2) is 15.6 Å². The van der Waals surface area contributed by atoms with Crippen molar-refractivity contribution in [3.63, 3.8) is 0 Å². The number of aromatic nitrogens is 1. The number of nitrogens with zero attached hydrogens (tertiary/aromatic N) is 3. The number of non-ortho nitro benzene ring substituents is 1. The molecule has 0 amide bonds. The Balaban J connectivity index is 1.74. The molecule has 7 heteroatoms. The van der Waals surface area contributed by atoms with Crippen molar-refractivity contribution in [3.05, 3.63) is 39.8 Å². The topological polar surface area (TPSA) is 80.4 Å². The maximum Gasteiger partial charge on any atom is 0.270 e. The van der Waals surface area contributed by atoms with Crippen molar-refractivity contribution >= 4 is 27.9 Å². The molecule has 0 aliphatic heterocycles. The molecule has 0 bridgehead atoms. The molecule has 1 N–H and O–H groups in total. The Bertz CT molecular complexity index is 741. The first-order valence-electron chi connectivity index (χ1n) is 7.66. The first-order chi connectivity index (χ1) is 11.1. The van der Waals surface area contributed by atoms with Crippen LogP contribution in [0.4, 0.5) is 10.8 Å². The molecule has 1 unspecified atom stereocenters. The molecule has 6 nitrogen and oxygen atoms in total. The number of nitro benzene ring substituents is 1. The van der Waals surface area contributed by atoms with Gasteiger partial charge in [0.2, 0.25) is 5.13 Å². The van der Waals surface area contributed by atoms with E-state index in [2.05, 4.69) is 22.4 Å². The fourth-order valence-electron chi connectivity index (χ4n) is 2.69. The lowest BCUT2D eigenvalue weighted by Gasteiger charge is -2.19. The Morgan fingerprint density at radius 1 is 1.43 bits per heavy atom. The molecular formula is C16H18N4O2S. The van der Waals surface area contributed by atoms with Crippen LogP contribution in [0.25, 0.3) is 11.3 Å². The number of hydrazone groups is 1. The Morgan fingerprint density at radius 2 is 2.30 bits per heavy atom. The van der Waals surface area contributed by atoms with Crippen LogP contribution in [0.5, 0.6) is 0 Å². The number of thiazole rings is 1. The second-order valence-electron chi connectivity index (χ2n) is 5.71. The molecule has 0 saturated heterocycles. The van der Waals surface area contributed by atoms with Crippen LogP contribution < -0.4 is 5.43 Å². The van der Waals surface area contributed by atoms with Gasteiger partial charge in [0, 0.05) is 28.8 Å². The average Bonchev–Trinajstić information content (AvgIpc) is 3.03. The zero-order valence-corrected chi connectivity index (χ0v) is 13.7. The highest BCUT2D eigenvalue weighted by Crippen LogP contribution is 2.28. The minimum Gasteiger partial charge on any atom is -0.258 e. The highest BCUT2D eigenvalue weighted by Gasteiger charge is 2.16. The Hall–Kier alpha value is -2.28. The number of hydrogen-bond donors (Lipinski definition) is 1. The van der Waals surface area contributed by atoms with E-state index in [0.717, 1.165) is 17.7 Å². The second kappa shape index (κ2) is 6.87. The number of anilines is 1. The van der Waals surface area contributed by atoms with E-state index in [-0.39, 0.29) is 5.69 Å². The first kappa shape index (κ1) is 15.6. The second-order valence-corrected chi connectivity index (χ2v) is 6.57. The molecule has 1 saturated carbocycles. The summed E-state index contributed by atoms with van der Waals surface area (Å²) in [6.07, 6.45) is 4.70. The van der Waals surface area contributed by atoms with Gasteiger partial charge in [0.15, 0.2) is 0 Å². The highest BCUT2D eigenvalue weighted by atomic mass is 32.1. The fourth-order valence-corrected chi connectivity index (χ4v) is 3.35. The zero-order valence-electron chi connectivity index (χ0n) is 12.9. The summed E-state index contributed by atoms with van der Waals surface area (Å²) in [6, 6.07) is 6.50. The third kappa shape index (κ3) is 3.73. The molecule has 1 aliphatic carbocycles. The molecule has 1 atom stereocenters. The van der Waals surface area contributed by atoms with Crippen LogP contribution in [0.1, 0.15) is 32.6 Å². The van der Waals surface area contributed by atoms with E-state index in [0.29, 0.717) is 11.0 Å². The van der Waals surface area contributed by atoms with E-state index in [1.165, 1.54) is 48.4 Å². The SMILES string of the molecule is CC1CCCC/C1=N\Nc1nc(-c2cccc([N+](=O)[O-])c2)cs1. The summed E-state index contributed by atoms with van der Waals surface area (Å²) in [4.78, 5) is 14.9. The normalized spacial score (nSPS) is 19.7. The van der Waals surface area contributed by atoms with Crippen molar-refractivity contribution in [2.75, 3.05) is 5.43 Å². The molecule has 1 heterocycles. The van der Waals surface area contributed by atoms with Gasteiger partial charge in [-0.2, -0.15) is 5.10 Å².